The number of carboxylic acids is 1. The molecular formula is C12H9FN4O2. The maximum absolute atomic E-state index is 13.6. The van der Waals surface area contributed by atoms with Crippen LogP contribution in [0.5, 0.6) is 0 Å². The van der Waals surface area contributed by atoms with E-state index in [9.17, 15) is 9.18 Å². The number of aromatic carboxylic acids is 1. The fourth-order valence-corrected chi connectivity index (χ4v) is 2.12. The maximum atomic E-state index is 13.6. The molecule has 3 N–H and O–H groups in total. The average Bonchev–Trinajstić information content (AvgIpc) is 2.71. The predicted octanol–water partition coefficient (Wildman–Crippen LogP) is 1.61. The van der Waals surface area contributed by atoms with Crippen molar-refractivity contribution in [3.63, 3.8) is 0 Å². The highest BCUT2D eigenvalue weighted by Gasteiger charge is 2.16. The van der Waals surface area contributed by atoms with Crippen LogP contribution in [0.3, 0.4) is 0 Å². The lowest BCUT2D eigenvalue weighted by atomic mass is 10.1. The van der Waals surface area contributed by atoms with E-state index in [1.54, 1.807) is 17.5 Å². The van der Waals surface area contributed by atoms with Crippen molar-refractivity contribution in [3.8, 4) is 0 Å². The molecule has 7 heteroatoms. The van der Waals surface area contributed by atoms with Gasteiger partial charge >= 0.3 is 5.97 Å². The van der Waals surface area contributed by atoms with Crippen LogP contribution in [0.4, 0.5) is 10.3 Å². The van der Waals surface area contributed by atoms with Crippen molar-refractivity contribution in [1.82, 2.24) is 14.4 Å². The van der Waals surface area contributed by atoms with E-state index in [4.69, 9.17) is 10.8 Å². The van der Waals surface area contributed by atoms with Crippen molar-refractivity contribution >= 4 is 28.3 Å². The van der Waals surface area contributed by atoms with Gasteiger partial charge in [-0.05, 0) is 13.0 Å². The van der Waals surface area contributed by atoms with E-state index in [-0.39, 0.29) is 5.95 Å². The second-order valence-corrected chi connectivity index (χ2v) is 4.15. The second kappa shape index (κ2) is 3.64. The molecule has 1 aromatic carbocycles. The molecule has 0 saturated heterocycles. The van der Waals surface area contributed by atoms with Crippen molar-refractivity contribution in [3.05, 3.63) is 35.5 Å². The van der Waals surface area contributed by atoms with Gasteiger partial charge in [-0.2, -0.15) is 0 Å². The Bertz CT molecular complexity index is 841. The topological polar surface area (TPSA) is 93.5 Å². The number of fused-ring (bicyclic) bond motifs is 3. The minimum absolute atomic E-state index is 0.181. The van der Waals surface area contributed by atoms with Gasteiger partial charge in [0.25, 0.3) is 0 Å². The molecular weight excluding hydrogens is 251 g/mol. The molecule has 0 unspecified atom stereocenters. The third-order valence-electron chi connectivity index (χ3n) is 2.99. The number of rotatable bonds is 1. The minimum Gasteiger partial charge on any atom is -0.478 e. The fraction of sp³-hybridized carbons (Fsp3) is 0.0833. The largest absolute Gasteiger partial charge is 0.478 e. The van der Waals surface area contributed by atoms with E-state index >= 15 is 0 Å². The molecule has 0 fully saturated rings. The lowest BCUT2D eigenvalue weighted by Crippen LogP contribution is -2.05. The first kappa shape index (κ1) is 11.4. The van der Waals surface area contributed by atoms with Crippen LogP contribution in [0.25, 0.3) is 16.4 Å². The summed E-state index contributed by atoms with van der Waals surface area (Å²) in [5, 5.41) is 9.44. The van der Waals surface area contributed by atoms with E-state index in [2.05, 4.69) is 9.97 Å². The zero-order chi connectivity index (χ0) is 13.7. The molecule has 3 rings (SSSR count). The molecule has 0 aliphatic heterocycles. The van der Waals surface area contributed by atoms with Crippen LogP contribution in [0.2, 0.25) is 0 Å². The van der Waals surface area contributed by atoms with Crippen LogP contribution in [-0.4, -0.2) is 25.4 Å². The molecule has 0 aliphatic carbocycles. The normalized spacial score (nSPS) is 11.3. The van der Waals surface area contributed by atoms with Gasteiger partial charge in [0, 0.05) is 11.5 Å². The Labute approximate surface area is 106 Å². The Kier molecular flexibility index (Phi) is 2.19. The number of benzene rings is 1. The summed E-state index contributed by atoms with van der Waals surface area (Å²) in [7, 11) is 0. The van der Waals surface area contributed by atoms with Crippen LogP contribution >= 0.6 is 0 Å². The van der Waals surface area contributed by atoms with Gasteiger partial charge in [-0.25, -0.2) is 19.2 Å². The van der Waals surface area contributed by atoms with Gasteiger partial charge in [-0.15, -0.1) is 0 Å². The molecule has 3 aromatic rings. The van der Waals surface area contributed by atoms with Crippen LogP contribution in [0, 0.1) is 12.7 Å². The quantitative estimate of drug-likeness (QED) is 0.693. The predicted molar refractivity (Wildman–Crippen MR) is 66.6 cm³/mol. The van der Waals surface area contributed by atoms with E-state index in [1.165, 1.54) is 6.07 Å². The highest BCUT2D eigenvalue weighted by Crippen LogP contribution is 2.25. The number of aryl methyl sites for hydroxylation is 1. The highest BCUT2D eigenvalue weighted by molar-refractivity contribution is 6.00. The van der Waals surface area contributed by atoms with Crippen molar-refractivity contribution in [2.24, 2.45) is 0 Å². The number of aromatic nitrogens is 3. The molecule has 96 valence electrons. The maximum Gasteiger partial charge on any atom is 0.338 e. The molecule has 2 heterocycles. The number of nitrogens with zero attached hydrogens (tertiary/aromatic N) is 3. The standard InChI is InChI=1S/C12H9FN4O2/c1-5-15-4-10-7-2-6(11(18)19)8(13)3-9(7)16-12(14)17(5)10/h2-4H,1H3,(H2,14,16)(H,18,19). The zero-order valence-corrected chi connectivity index (χ0v) is 9.88. The lowest BCUT2D eigenvalue weighted by molar-refractivity contribution is 0.0692. The van der Waals surface area contributed by atoms with Crippen LogP contribution < -0.4 is 5.73 Å². The second-order valence-electron chi connectivity index (χ2n) is 4.15. The molecule has 0 saturated carbocycles. The van der Waals surface area contributed by atoms with Gasteiger partial charge < -0.3 is 10.8 Å². The zero-order valence-electron chi connectivity index (χ0n) is 9.88. The molecule has 6 nitrogen and oxygen atoms in total. The lowest BCUT2D eigenvalue weighted by Gasteiger charge is -2.07. The number of imidazole rings is 1. The number of halogens is 1. The first-order chi connectivity index (χ1) is 8.99. The van der Waals surface area contributed by atoms with E-state index in [0.29, 0.717) is 22.2 Å². The first-order valence-electron chi connectivity index (χ1n) is 5.45. The Hall–Kier alpha value is -2.70. The fourth-order valence-electron chi connectivity index (χ4n) is 2.12. The number of hydrogen-bond acceptors (Lipinski definition) is 4. The molecule has 0 spiro atoms. The SMILES string of the molecule is Cc1ncc2c3cc(C(=O)O)c(F)cc3nc(N)n12. The summed E-state index contributed by atoms with van der Waals surface area (Å²) in [5.74, 6) is -1.36. The number of carboxylic acid groups (broad SMARTS) is 1. The van der Waals surface area contributed by atoms with Crippen molar-refractivity contribution < 1.29 is 14.3 Å². The molecule has 0 amide bonds. The van der Waals surface area contributed by atoms with E-state index in [1.807, 2.05) is 0 Å². The third-order valence-corrected chi connectivity index (χ3v) is 2.99. The van der Waals surface area contributed by atoms with E-state index in [0.717, 1.165) is 6.07 Å². The molecule has 2 aromatic heterocycles. The van der Waals surface area contributed by atoms with Crippen LogP contribution in [0.1, 0.15) is 16.2 Å². The smallest absolute Gasteiger partial charge is 0.338 e. The molecule has 0 radical (unpaired) electrons. The summed E-state index contributed by atoms with van der Waals surface area (Å²) in [6.07, 6.45) is 1.55. The Morgan fingerprint density at radius 2 is 2.21 bits per heavy atom. The molecule has 0 bridgehead atoms. The van der Waals surface area contributed by atoms with Gasteiger partial charge in [0.2, 0.25) is 5.95 Å². The van der Waals surface area contributed by atoms with Gasteiger partial charge in [0.15, 0.2) is 0 Å². The summed E-state index contributed by atoms with van der Waals surface area (Å²) in [5.41, 5.74) is 6.28. The number of nitrogens with two attached hydrogens (primary N) is 1. The van der Waals surface area contributed by atoms with Crippen molar-refractivity contribution in [2.75, 3.05) is 5.73 Å². The van der Waals surface area contributed by atoms with Gasteiger partial charge in [-0.3, -0.25) is 4.40 Å². The van der Waals surface area contributed by atoms with Crippen molar-refractivity contribution in [1.29, 1.82) is 0 Å². The first-order valence-corrected chi connectivity index (χ1v) is 5.45. The average molecular weight is 260 g/mol. The van der Waals surface area contributed by atoms with Gasteiger partial charge in [-0.1, -0.05) is 0 Å². The van der Waals surface area contributed by atoms with E-state index < -0.39 is 17.3 Å². The Morgan fingerprint density at radius 1 is 1.47 bits per heavy atom. The van der Waals surface area contributed by atoms with Crippen LogP contribution in [0.15, 0.2) is 18.3 Å². The number of anilines is 1. The summed E-state index contributed by atoms with van der Waals surface area (Å²) in [4.78, 5) is 19.1. The van der Waals surface area contributed by atoms with Gasteiger partial charge in [0.1, 0.15) is 11.6 Å². The molecule has 19 heavy (non-hydrogen) atoms. The summed E-state index contributed by atoms with van der Waals surface area (Å²) in [6.45, 7) is 1.75. The summed E-state index contributed by atoms with van der Waals surface area (Å²) in [6, 6.07) is 2.31. The highest BCUT2D eigenvalue weighted by atomic mass is 19.1. The monoisotopic (exact) mass is 260 g/mol. The van der Waals surface area contributed by atoms with Gasteiger partial charge in [0.05, 0.1) is 22.8 Å². The van der Waals surface area contributed by atoms with Crippen LogP contribution in [-0.2, 0) is 0 Å². The number of nitrogen functional groups attached to an aromatic ring is 1. The molecule has 0 aliphatic rings. The molecule has 0 atom stereocenters. The third kappa shape index (κ3) is 1.51. The summed E-state index contributed by atoms with van der Waals surface area (Å²) >= 11 is 0. The van der Waals surface area contributed by atoms with Crippen molar-refractivity contribution in [2.45, 2.75) is 6.92 Å². The Balaban J connectivity index is 2.53. The Morgan fingerprint density at radius 3 is 2.89 bits per heavy atom. The minimum atomic E-state index is -1.33. The number of hydrogen-bond donors (Lipinski definition) is 2. The number of carbonyl (C=O) groups is 1. The summed E-state index contributed by atoms with van der Waals surface area (Å²) < 4.78 is 15.2.